The van der Waals surface area contributed by atoms with E-state index in [1.807, 2.05) is 0 Å². The molecule has 0 aliphatic heterocycles. The van der Waals surface area contributed by atoms with Crippen LogP contribution in [0.1, 0.15) is 335 Å². The quantitative estimate of drug-likeness (QED) is 0.0321. The Labute approximate surface area is 412 Å². The fourth-order valence-corrected chi connectivity index (χ4v) is 9.46. The zero-order chi connectivity index (χ0) is 47.9. The molecule has 0 aromatic carbocycles. The van der Waals surface area contributed by atoms with Crippen LogP contribution in [0.5, 0.6) is 0 Å². The molecule has 0 aromatic rings. The highest BCUT2D eigenvalue weighted by Crippen LogP contribution is 2.18. The third-order valence-corrected chi connectivity index (χ3v) is 14.1. The third-order valence-electron chi connectivity index (χ3n) is 14.1. The van der Waals surface area contributed by atoms with Crippen molar-refractivity contribution in [2.24, 2.45) is 0 Å². The molecule has 0 bridgehead atoms. The summed E-state index contributed by atoms with van der Waals surface area (Å²) < 4.78 is 5.48. The minimum Gasteiger partial charge on any atom is -0.466 e. The molecule has 6 heteroatoms. The first kappa shape index (κ1) is 64.6. The molecule has 0 saturated heterocycles. The van der Waals surface area contributed by atoms with E-state index >= 15 is 0 Å². The fraction of sp³-hybridized carbons (Fsp3) is 0.933. The lowest BCUT2D eigenvalue weighted by atomic mass is 10.0. The number of aliphatic hydroxyl groups is 2. The van der Waals surface area contributed by atoms with Gasteiger partial charge in [0.1, 0.15) is 0 Å². The van der Waals surface area contributed by atoms with Gasteiger partial charge in [0.25, 0.3) is 0 Å². The Hall–Kier alpha value is -1.40. The summed E-state index contributed by atoms with van der Waals surface area (Å²) in [6.07, 6.45) is 66.3. The largest absolute Gasteiger partial charge is 0.466 e. The SMILES string of the molecule is CCCCCCCCC/C=C\CCCCCCCC(=O)OCCCCCCCCCCCCCCCCCCCCCC(=O)NC(CO)C(O)CCCCCCCCCCCCCCCC. The van der Waals surface area contributed by atoms with Gasteiger partial charge in [0.15, 0.2) is 0 Å². The second kappa shape index (κ2) is 56.2. The van der Waals surface area contributed by atoms with Gasteiger partial charge in [-0.25, -0.2) is 0 Å². The molecule has 0 aliphatic rings. The maximum absolute atomic E-state index is 12.5. The Morgan fingerprint density at radius 1 is 0.409 bits per heavy atom. The van der Waals surface area contributed by atoms with Crippen LogP contribution in [0.15, 0.2) is 12.2 Å². The number of rotatable bonds is 56. The molecule has 66 heavy (non-hydrogen) atoms. The van der Waals surface area contributed by atoms with Crippen molar-refractivity contribution in [2.75, 3.05) is 13.2 Å². The van der Waals surface area contributed by atoms with E-state index < -0.39 is 12.1 Å². The molecular weight excluding hydrogens is 815 g/mol. The van der Waals surface area contributed by atoms with Crippen LogP contribution in [-0.2, 0) is 14.3 Å². The van der Waals surface area contributed by atoms with Crippen molar-refractivity contribution in [3.05, 3.63) is 12.2 Å². The van der Waals surface area contributed by atoms with Crippen LogP contribution in [0.4, 0.5) is 0 Å². The molecule has 0 aliphatic carbocycles. The average Bonchev–Trinajstić information content (AvgIpc) is 3.32. The molecule has 0 aromatic heterocycles. The Morgan fingerprint density at radius 3 is 1.08 bits per heavy atom. The van der Waals surface area contributed by atoms with Crippen LogP contribution in [0.3, 0.4) is 0 Å². The first-order chi connectivity index (χ1) is 32.5. The molecule has 0 saturated carbocycles. The van der Waals surface area contributed by atoms with E-state index in [-0.39, 0.29) is 18.5 Å². The summed E-state index contributed by atoms with van der Waals surface area (Å²) in [6, 6.07) is -0.542. The Morgan fingerprint density at radius 2 is 0.712 bits per heavy atom. The van der Waals surface area contributed by atoms with Gasteiger partial charge in [-0.1, -0.05) is 283 Å². The zero-order valence-electron chi connectivity index (χ0n) is 44.7. The predicted octanol–water partition coefficient (Wildman–Crippen LogP) is 18.5. The molecule has 0 rings (SSSR count). The molecule has 0 heterocycles. The van der Waals surface area contributed by atoms with Crippen LogP contribution in [0.2, 0.25) is 0 Å². The van der Waals surface area contributed by atoms with Crippen molar-refractivity contribution in [3.8, 4) is 0 Å². The molecule has 0 fully saturated rings. The number of aliphatic hydroxyl groups excluding tert-OH is 2. The van der Waals surface area contributed by atoms with E-state index in [1.165, 1.54) is 257 Å². The average molecular weight is 933 g/mol. The number of nitrogens with one attached hydrogen (secondary N) is 1. The van der Waals surface area contributed by atoms with Crippen molar-refractivity contribution in [3.63, 3.8) is 0 Å². The van der Waals surface area contributed by atoms with E-state index in [0.717, 1.165) is 44.9 Å². The van der Waals surface area contributed by atoms with Crippen molar-refractivity contribution in [1.29, 1.82) is 0 Å². The number of carbonyl (C=O) groups excluding carboxylic acids is 2. The van der Waals surface area contributed by atoms with Gasteiger partial charge < -0.3 is 20.3 Å². The van der Waals surface area contributed by atoms with Gasteiger partial charge in [0, 0.05) is 12.8 Å². The monoisotopic (exact) mass is 932 g/mol. The first-order valence-electron chi connectivity index (χ1n) is 29.9. The summed E-state index contributed by atoms with van der Waals surface area (Å²) in [5, 5.41) is 23.3. The number of ether oxygens (including phenoxy) is 1. The van der Waals surface area contributed by atoms with E-state index in [0.29, 0.717) is 25.9 Å². The number of hydrogen-bond donors (Lipinski definition) is 3. The lowest BCUT2D eigenvalue weighted by Crippen LogP contribution is -2.45. The topological polar surface area (TPSA) is 95.9 Å². The van der Waals surface area contributed by atoms with Gasteiger partial charge in [0.2, 0.25) is 5.91 Å². The van der Waals surface area contributed by atoms with Crippen molar-refractivity contribution < 1.29 is 24.5 Å². The zero-order valence-corrected chi connectivity index (χ0v) is 44.7. The van der Waals surface area contributed by atoms with Crippen LogP contribution in [0, 0.1) is 0 Å². The summed E-state index contributed by atoms with van der Waals surface area (Å²) >= 11 is 0. The Kier molecular flexibility index (Phi) is 55.0. The number of carbonyl (C=O) groups is 2. The highest BCUT2D eigenvalue weighted by atomic mass is 16.5. The number of amides is 1. The van der Waals surface area contributed by atoms with Gasteiger partial charge in [-0.3, -0.25) is 9.59 Å². The van der Waals surface area contributed by atoms with Gasteiger partial charge in [-0.15, -0.1) is 0 Å². The molecular formula is C60H117NO5. The second-order valence-corrected chi connectivity index (χ2v) is 20.7. The number of unbranched alkanes of at least 4 members (excludes halogenated alkanes) is 43. The third kappa shape index (κ3) is 52.0. The molecule has 2 unspecified atom stereocenters. The summed E-state index contributed by atoms with van der Waals surface area (Å²) in [4.78, 5) is 24.5. The Balaban J connectivity index is 3.38. The van der Waals surface area contributed by atoms with E-state index in [1.54, 1.807) is 0 Å². The smallest absolute Gasteiger partial charge is 0.305 e. The number of esters is 1. The van der Waals surface area contributed by atoms with Crippen LogP contribution >= 0.6 is 0 Å². The fourth-order valence-electron chi connectivity index (χ4n) is 9.46. The second-order valence-electron chi connectivity index (χ2n) is 20.7. The van der Waals surface area contributed by atoms with Gasteiger partial charge in [0.05, 0.1) is 25.4 Å². The van der Waals surface area contributed by atoms with Crippen LogP contribution < -0.4 is 5.32 Å². The highest BCUT2D eigenvalue weighted by molar-refractivity contribution is 5.76. The molecule has 392 valence electrons. The first-order valence-corrected chi connectivity index (χ1v) is 29.9. The normalized spacial score (nSPS) is 12.6. The standard InChI is InChI=1S/C60H117NO5/c1-3-5-7-9-11-13-15-17-19-26-30-34-38-42-46-50-54-60(65)66-55-51-47-43-39-35-31-27-24-22-20-21-23-25-29-33-37-41-45-49-53-59(64)61-57(56-62)58(63)52-48-44-40-36-32-28-18-16-14-12-10-8-6-4-2/h19,26,57-58,62-63H,3-18,20-25,27-56H2,1-2H3,(H,61,64)/b26-19-. The minimum atomic E-state index is -0.665. The lowest BCUT2D eigenvalue weighted by Gasteiger charge is -2.22. The highest BCUT2D eigenvalue weighted by Gasteiger charge is 2.20. The molecule has 6 nitrogen and oxygen atoms in total. The summed E-state index contributed by atoms with van der Waals surface area (Å²) in [5.41, 5.74) is 0. The van der Waals surface area contributed by atoms with E-state index in [2.05, 4.69) is 31.3 Å². The molecule has 1 amide bonds. The van der Waals surface area contributed by atoms with Gasteiger partial charge in [-0.2, -0.15) is 0 Å². The molecule has 0 radical (unpaired) electrons. The molecule has 0 spiro atoms. The summed E-state index contributed by atoms with van der Waals surface area (Å²) in [6.45, 7) is 4.96. The summed E-state index contributed by atoms with van der Waals surface area (Å²) in [7, 11) is 0. The van der Waals surface area contributed by atoms with Crippen molar-refractivity contribution in [2.45, 2.75) is 347 Å². The van der Waals surface area contributed by atoms with Crippen molar-refractivity contribution in [1.82, 2.24) is 5.32 Å². The van der Waals surface area contributed by atoms with Crippen molar-refractivity contribution >= 4 is 11.9 Å². The number of allylic oxidation sites excluding steroid dienone is 2. The van der Waals surface area contributed by atoms with Gasteiger partial charge >= 0.3 is 5.97 Å². The molecule has 2 atom stereocenters. The van der Waals surface area contributed by atoms with Gasteiger partial charge in [-0.05, 0) is 51.4 Å². The molecule has 3 N–H and O–H groups in total. The number of hydrogen-bond acceptors (Lipinski definition) is 5. The maximum atomic E-state index is 12.5. The van der Waals surface area contributed by atoms with Crippen LogP contribution in [-0.4, -0.2) is 47.4 Å². The summed E-state index contributed by atoms with van der Waals surface area (Å²) in [5.74, 6) is -0.0338. The predicted molar refractivity (Wildman–Crippen MR) is 287 cm³/mol. The Bertz CT molecular complexity index is 986. The van der Waals surface area contributed by atoms with E-state index in [4.69, 9.17) is 4.74 Å². The lowest BCUT2D eigenvalue weighted by molar-refractivity contribution is -0.143. The maximum Gasteiger partial charge on any atom is 0.305 e. The van der Waals surface area contributed by atoms with E-state index in [9.17, 15) is 19.8 Å². The van der Waals surface area contributed by atoms with Crippen LogP contribution in [0.25, 0.3) is 0 Å². The minimum absolute atomic E-state index is 0.00233.